The highest BCUT2D eigenvalue weighted by atomic mass is 79.9. The minimum absolute atomic E-state index is 0.126. The molecule has 4 aromatic rings. The van der Waals surface area contributed by atoms with Crippen LogP contribution in [-0.2, 0) is 11.3 Å². The monoisotopic (exact) mass is 637 g/mol. The quantitative estimate of drug-likeness (QED) is 0.124. The number of benzene rings is 3. The molecule has 0 unspecified atom stereocenters. The molecule has 41 heavy (non-hydrogen) atoms. The summed E-state index contributed by atoms with van der Waals surface area (Å²) in [5.41, 5.74) is 2.01. The van der Waals surface area contributed by atoms with Gasteiger partial charge in [-0.2, -0.15) is 0 Å². The molecule has 214 valence electrons. The van der Waals surface area contributed by atoms with E-state index in [-0.39, 0.29) is 24.1 Å². The number of hydrogen-bond donors (Lipinski definition) is 2. The number of halogens is 1. The summed E-state index contributed by atoms with van der Waals surface area (Å²) in [4.78, 5) is 25.5. The fraction of sp³-hybridized carbons (Fsp3) is 0.267. The van der Waals surface area contributed by atoms with Crippen molar-refractivity contribution in [3.63, 3.8) is 0 Å². The van der Waals surface area contributed by atoms with E-state index in [1.807, 2.05) is 47.9 Å². The lowest BCUT2D eigenvalue weighted by atomic mass is 10.2. The van der Waals surface area contributed by atoms with E-state index in [4.69, 9.17) is 9.47 Å². The van der Waals surface area contributed by atoms with Crippen LogP contribution in [0.25, 0.3) is 5.69 Å². The van der Waals surface area contributed by atoms with Crippen molar-refractivity contribution >= 4 is 45.2 Å². The second kappa shape index (κ2) is 15.2. The Morgan fingerprint density at radius 3 is 2.27 bits per heavy atom. The summed E-state index contributed by atoms with van der Waals surface area (Å²) in [7, 11) is 0. The second-order valence-corrected chi connectivity index (χ2v) is 10.8. The van der Waals surface area contributed by atoms with Gasteiger partial charge in [0.25, 0.3) is 5.91 Å². The van der Waals surface area contributed by atoms with Crippen molar-refractivity contribution in [3.8, 4) is 17.2 Å². The first-order valence-electron chi connectivity index (χ1n) is 13.3. The van der Waals surface area contributed by atoms with Gasteiger partial charge in [0.2, 0.25) is 5.91 Å². The van der Waals surface area contributed by atoms with Gasteiger partial charge < -0.3 is 20.1 Å². The van der Waals surface area contributed by atoms with E-state index in [9.17, 15) is 9.59 Å². The Balaban J connectivity index is 1.41. The van der Waals surface area contributed by atoms with Gasteiger partial charge in [-0.05, 0) is 86.1 Å². The molecule has 0 saturated carbocycles. The van der Waals surface area contributed by atoms with E-state index >= 15 is 0 Å². The molecule has 0 aliphatic rings. The van der Waals surface area contributed by atoms with Crippen LogP contribution in [-0.4, -0.2) is 45.5 Å². The number of ether oxygens (including phenoxy) is 2. The van der Waals surface area contributed by atoms with E-state index in [1.54, 1.807) is 36.4 Å². The highest BCUT2D eigenvalue weighted by Gasteiger charge is 2.17. The molecular weight excluding hydrogens is 606 g/mol. The highest BCUT2D eigenvalue weighted by Crippen LogP contribution is 2.24. The molecule has 0 bridgehead atoms. The Hall–Kier alpha value is -3.83. The van der Waals surface area contributed by atoms with Crippen LogP contribution in [0.5, 0.6) is 11.5 Å². The summed E-state index contributed by atoms with van der Waals surface area (Å²) in [5.74, 6) is 1.73. The van der Waals surface area contributed by atoms with Crippen molar-refractivity contribution in [2.75, 3.05) is 24.3 Å². The standard InChI is InChI=1S/C30H32BrN5O4S/c1-3-5-18-40-26-14-6-21(7-15-26)29(38)32-19-27-34-35-30(36(27)24-12-8-22(31)9-13-24)41-20-28(37)33-23-10-16-25(17-11-23)39-4-2/h6-17H,3-5,18-20H2,1-2H3,(H,32,38)(H,33,37). The first kappa shape index (κ1) is 30.1. The molecular formula is C30H32BrN5O4S. The van der Waals surface area contributed by atoms with E-state index in [2.05, 4.69) is 43.7 Å². The molecule has 9 nitrogen and oxygen atoms in total. The van der Waals surface area contributed by atoms with Gasteiger partial charge in [-0.3, -0.25) is 14.2 Å². The molecule has 4 rings (SSSR count). The van der Waals surface area contributed by atoms with Gasteiger partial charge in [-0.1, -0.05) is 41.0 Å². The fourth-order valence-corrected chi connectivity index (χ4v) is 4.82. The predicted molar refractivity (Wildman–Crippen MR) is 164 cm³/mol. The van der Waals surface area contributed by atoms with Crippen molar-refractivity contribution in [2.24, 2.45) is 0 Å². The predicted octanol–water partition coefficient (Wildman–Crippen LogP) is 6.27. The molecule has 0 atom stereocenters. The summed E-state index contributed by atoms with van der Waals surface area (Å²) < 4.78 is 13.9. The van der Waals surface area contributed by atoms with Crippen LogP contribution in [0.4, 0.5) is 5.69 Å². The van der Waals surface area contributed by atoms with Crippen LogP contribution in [0.3, 0.4) is 0 Å². The molecule has 0 radical (unpaired) electrons. The van der Waals surface area contributed by atoms with Crippen molar-refractivity contribution in [1.82, 2.24) is 20.1 Å². The maximum Gasteiger partial charge on any atom is 0.251 e. The third kappa shape index (κ3) is 8.83. The largest absolute Gasteiger partial charge is 0.494 e. The number of aromatic nitrogens is 3. The second-order valence-electron chi connectivity index (χ2n) is 8.91. The molecule has 0 spiro atoms. The van der Waals surface area contributed by atoms with E-state index in [1.165, 1.54) is 11.8 Å². The van der Waals surface area contributed by atoms with Crippen LogP contribution in [0.15, 0.2) is 82.4 Å². The van der Waals surface area contributed by atoms with Gasteiger partial charge in [0.05, 0.1) is 25.5 Å². The van der Waals surface area contributed by atoms with E-state index < -0.39 is 0 Å². The molecule has 1 aromatic heterocycles. The van der Waals surface area contributed by atoms with Gasteiger partial charge >= 0.3 is 0 Å². The van der Waals surface area contributed by atoms with Gasteiger partial charge in [0.15, 0.2) is 11.0 Å². The van der Waals surface area contributed by atoms with Crippen molar-refractivity contribution in [1.29, 1.82) is 0 Å². The van der Waals surface area contributed by atoms with Gasteiger partial charge in [0.1, 0.15) is 11.5 Å². The summed E-state index contributed by atoms with van der Waals surface area (Å²) in [6, 6.07) is 21.9. The molecule has 2 amide bonds. The third-order valence-corrected chi connectivity index (χ3v) is 7.31. The Morgan fingerprint density at radius 1 is 0.902 bits per heavy atom. The molecule has 0 fully saturated rings. The number of nitrogens with one attached hydrogen (secondary N) is 2. The topological polar surface area (TPSA) is 107 Å². The maximum absolute atomic E-state index is 12.9. The lowest BCUT2D eigenvalue weighted by Crippen LogP contribution is -2.24. The maximum atomic E-state index is 12.9. The summed E-state index contributed by atoms with van der Waals surface area (Å²) in [6.07, 6.45) is 2.04. The number of thioether (sulfide) groups is 1. The van der Waals surface area contributed by atoms with Crippen LogP contribution in [0.2, 0.25) is 0 Å². The zero-order valence-electron chi connectivity index (χ0n) is 22.9. The molecule has 2 N–H and O–H groups in total. The minimum atomic E-state index is -0.237. The number of amides is 2. The molecule has 0 aliphatic carbocycles. The Kier molecular flexibility index (Phi) is 11.2. The van der Waals surface area contributed by atoms with E-state index in [0.29, 0.717) is 35.4 Å². The smallest absolute Gasteiger partial charge is 0.251 e. The van der Waals surface area contributed by atoms with Crippen LogP contribution in [0.1, 0.15) is 42.9 Å². The average molecular weight is 639 g/mol. The van der Waals surface area contributed by atoms with Crippen molar-refractivity contribution in [3.05, 3.63) is 88.7 Å². The minimum Gasteiger partial charge on any atom is -0.494 e. The molecule has 0 saturated heterocycles. The lowest BCUT2D eigenvalue weighted by Gasteiger charge is -2.12. The first-order valence-corrected chi connectivity index (χ1v) is 15.1. The van der Waals surface area contributed by atoms with Gasteiger partial charge in [0, 0.05) is 21.4 Å². The summed E-state index contributed by atoms with van der Waals surface area (Å²) >= 11 is 4.73. The molecule has 11 heteroatoms. The number of carbonyl (C=O) groups is 2. The Bertz CT molecular complexity index is 1430. The third-order valence-electron chi connectivity index (χ3n) is 5.86. The SMILES string of the molecule is CCCCOc1ccc(C(=O)NCc2nnc(SCC(=O)Nc3ccc(OCC)cc3)n2-c2ccc(Br)cc2)cc1. The van der Waals surface area contributed by atoms with Gasteiger partial charge in [-0.25, -0.2) is 0 Å². The summed E-state index contributed by atoms with van der Waals surface area (Å²) in [6.45, 7) is 5.40. The number of rotatable bonds is 14. The first-order chi connectivity index (χ1) is 20.0. The highest BCUT2D eigenvalue weighted by molar-refractivity contribution is 9.10. The lowest BCUT2D eigenvalue weighted by molar-refractivity contribution is -0.113. The normalized spacial score (nSPS) is 10.7. The zero-order valence-corrected chi connectivity index (χ0v) is 25.3. The number of unbranched alkanes of at least 4 members (excludes halogenated alkanes) is 1. The number of anilines is 1. The molecule has 3 aromatic carbocycles. The van der Waals surface area contributed by atoms with E-state index in [0.717, 1.165) is 34.5 Å². The van der Waals surface area contributed by atoms with Crippen molar-refractivity contribution in [2.45, 2.75) is 38.4 Å². The summed E-state index contributed by atoms with van der Waals surface area (Å²) in [5, 5.41) is 15.0. The Morgan fingerprint density at radius 2 is 1.59 bits per heavy atom. The number of carbonyl (C=O) groups excluding carboxylic acids is 2. The Labute approximate surface area is 252 Å². The molecule has 1 heterocycles. The molecule has 0 aliphatic heterocycles. The van der Waals surface area contributed by atoms with Crippen LogP contribution in [0, 0.1) is 0 Å². The number of hydrogen-bond acceptors (Lipinski definition) is 7. The fourth-order valence-electron chi connectivity index (χ4n) is 3.78. The van der Waals surface area contributed by atoms with Crippen LogP contribution >= 0.6 is 27.7 Å². The number of nitrogens with zero attached hydrogens (tertiary/aromatic N) is 3. The average Bonchev–Trinajstić information content (AvgIpc) is 3.39. The van der Waals surface area contributed by atoms with Gasteiger partial charge in [-0.15, -0.1) is 10.2 Å². The zero-order chi connectivity index (χ0) is 29.0. The van der Waals surface area contributed by atoms with Crippen LogP contribution < -0.4 is 20.1 Å². The van der Waals surface area contributed by atoms with Crippen molar-refractivity contribution < 1.29 is 19.1 Å².